The number of esters is 1. The Bertz CT molecular complexity index is 1170. The van der Waals surface area contributed by atoms with Gasteiger partial charge >= 0.3 is 5.97 Å². The normalized spacial score (nSPS) is 20.3. The second-order valence-corrected chi connectivity index (χ2v) is 19.3. The summed E-state index contributed by atoms with van der Waals surface area (Å²) in [5.41, 5.74) is 0. The maximum atomic E-state index is 13.3. The van der Waals surface area contributed by atoms with Crippen molar-refractivity contribution in [3.8, 4) is 0 Å². The second kappa shape index (κ2) is 44.4. The zero-order valence-electron chi connectivity index (χ0n) is 42.6. The van der Waals surface area contributed by atoms with Crippen LogP contribution < -0.4 is 5.32 Å². The quantitative estimate of drug-likeness (QED) is 0.0196. The Labute approximate surface area is 403 Å². The number of nitrogens with one attached hydrogen (secondary N) is 1. The number of aliphatic hydroxyl groups excluding tert-OH is 5. The lowest BCUT2D eigenvalue weighted by Crippen LogP contribution is -2.61. The monoisotopic (exact) mass is 938 g/mol. The van der Waals surface area contributed by atoms with Gasteiger partial charge in [0.2, 0.25) is 5.91 Å². The fourth-order valence-electron chi connectivity index (χ4n) is 8.65. The molecule has 0 aromatic rings. The smallest absolute Gasteiger partial charge is 0.306 e. The first-order valence-electron chi connectivity index (χ1n) is 27.6. The van der Waals surface area contributed by atoms with Crippen molar-refractivity contribution in [1.29, 1.82) is 0 Å². The average molecular weight is 938 g/mol. The summed E-state index contributed by atoms with van der Waals surface area (Å²) in [4.78, 5) is 26.3. The molecule has 0 aliphatic carbocycles. The highest BCUT2D eigenvalue weighted by molar-refractivity contribution is 5.80. The number of ether oxygens (including phenoxy) is 3. The maximum Gasteiger partial charge on any atom is 0.306 e. The maximum absolute atomic E-state index is 13.3. The number of carbonyl (C=O) groups excluding carboxylic acids is 2. The van der Waals surface area contributed by atoms with E-state index in [1.807, 2.05) is 6.08 Å². The number of allylic oxidation sites excluding steroid dienone is 3. The van der Waals surface area contributed by atoms with E-state index in [4.69, 9.17) is 14.2 Å². The third-order valence-corrected chi connectivity index (χ3v) is 13.1. The van der Waals surface area contributed by atoms with Crippen LogP contribution in [0.25, 0.3) is 0 Å². The number of aliphatic hydroxyl groups is 5. The predicted molar refractivity (Wildman–Crippen MR) is 269 cm³/mol. The first kappa shape index (κ1) is 62.2. The molecular weight excluding hydrogens is 835 g/mol. The van der Waals surface area contributed by atoms with Crippen molar-refractivity contribution in [2.75, 3.05) is 13.2 Å². The third kappa shape index (κ3) is 32.8. The topological polar surface area (TPSA) is 175 Å². The molecule has 0 spiro atoms. The van der Waals surface area contributed by atoms with Gasteiger partial charge in [0.15, 0.2) is 12.4 Å². The molecule has 11 nitrogen and oxygen atoms in total. The summed E-state index contributed by atoms with van der Waals surface area (Å²) in [6, 6.07) is -1.02. The molecular formula is C55H103NO10. The van der Waals surface area contributed by atoms with Crippen LogP contribution in [0.15, 0.2) is 24.3 Å². The Morgan fingerprint density at radius 1 is 0.576 bits per heavy atom. The number of rotatable bonds is 46. The number of hydrogen-bond donors (Lipinski definition) is 6. The molecule has 388 valence electrons. The zero-order valence-corrected chi connectivity index (χ0v) is 42.6. The summed E-state index contributed by atoms with van der Waals surface area (Å²) in [5, 5.41) is 56.6. The van der Waals surface area contributed by atoms with Crippen molar-refractivity contribution >= 4 is 11.9 Å². The summed E-state index contributed by atoms with van der Waals surface area (Å²) >= 11 is 0. The van der Waals surface area contributed by atoms with Gasteiger partial charge in [0.05, 0.1) is 25.4 Å². The Kier molecular flexibility index (Phi) is 41.8. The van der Waals surface area contributed by atoms with E-state index in [0.717, 1.165) is 70.6 Å². The van der Waals surface area contributed by atoms with E-state index in [2.05, 4.69) is 38.2 Å². The standard InChI is InChI=1S/C55H103NO10/c1-4-7-10-13-16-19-22-24-25-26-28-31-34-37-40-43-50(60)66-53-52(62)51(61)49(44-57)65-55(53)64-45-46(47(58)41-38-35-32-30-27-23-20-17-14-11-8-5-2)56-54(63)48(59)42-39-36-33-29-21-18-15-12-9-6-3/h19,22,38,41,46-49,51-53,55,57-59,61-62H,4-18,20-21,23-37,39-40,42-45H2,1-3H3,(H,56,63)/b22-19-,41-38+. The molecule has 0 saturated carbocycles. The molecule has 1 saturated heterocycles. The highest BCUT2D eigenvalue weighted by atomic mass is 16.7. The van der Waals surface area contributed by atoms with Crippen LogP contribution in [-0.4, -0.2) is 99.6 Å². The number of unbranched alkanes of at least 4 members (excludes halogenated alkanes) is 30. The molecule has 1 amide bonds. The van der Waals surface area contributed by atoms with Crippen LogP contribution in [0.3, 0.4) is 0 Å². The molecule has 0 aromatic carbocycles. The SMILES string of the molecule is CCCCCC/C=C\CCCCCCCCCC(=O)OC1C(OCC(NC(=O)C(O)CCCCCCCCCCCC)C(O)/C=C/CCCCCCCCCCCC)OC(CO)C(O)C1O. The van der Waals surface area contributed by atoms with Gasteiger partial charge < -0.3 is 45.1 Å². The molecule has 1 fully saturated rings. The van der Waals surface area contributed by atoms with E-state index in [1.165, 1.54) is 135 Å². The van der Waals surface area contributed by atoms with Gasteiger partial charge in [-0.2, -0.15) is 0 Å². The molecule has 0 aromatic heterocycles. The Morgan fingerprint density at radius 2 is 1.00 bits per heavy atom. The van der Waals surface area contributed by atoms with Crippen molar-refractivity contribution in [2.24, 2.45) is 0 Å². The molecule has 8 unspecified atom stereocenters. The summed E-state index contributed by atoms with van der Waals surface area (Å²) in [5.74, 6) is -1.19. The summed E-state index contributed by atoms with van der Waals surface area (Å²) in [6.07, 6.45) is 38.0. The van der Waals surface area contributed by atoms with Gasteiger partial charge in [0, 0.05) is 6.42 Å². The van der Waals surface area contributed by atoms with Crippen LogP contribution in [0.1, 0.15) is 252 Å². The van der Waals surface area contributed by atoms with Crippen LogP contribution in [-0.2, 0) is 23.8 Å². The molecule has 1 aliphatic rings. The van der Waals surface area contributed by atoms with E-state index < -0.39 is 67.4 Å². The first-order chi connectivity index (χ1) is 32.2. The molecule has 8 atom stereocenters. The van der Waals surface area contributed by atoms with Crippen molar-refractivity contribution in [3.05, 3.63) is 24.3 Å². The Balaban J connectivity index is 2.74. The van der Waals surface area contributed by atoms with E-state index in [1.54, 1.807) is 6.08 Å². The highest BCUT2D eigenvalue weighted by Gasteiger charge is 2.47. The van der Waals surface area contributed by atoms with Crippen molar-refractivity contribution in [2.45, 2.75) is 301 Å². The molecule has 1 rings (SSSR count). The second-order valence-electron chi connectivity index (χ2n) is 19.3. The first-order valence-corrected chi connectivity index (χ1v) is 27.6. The third-order valence-electron chi connectivity index (χ3n) is 13.1. The fraction of sp³-hybridized carbons (Fsp3) is 0.891. The van der Waals surface area contributed by atoms with Gasteiger partial charge in [-0.05, 0) is 51.4 Å². The lowest BCUT2D eigenvalue weighted by atomic mass is 9.99. The minimum absolute atomic E-state index is 0.122. The Morgan fingerprint density at radius 3 is 1.48 bits per heavy atom. The molecule has 0 radical (unpaired) electrons. The van der Waals surface area contributed by atoms with E-state index in [9.17, 15) is 35.1 Å². The number of hydrogen-bond acceptors (Lipinski definition) is 10. The molecule has 66 heavy (non-hydrogen) atoms. The van der Waals surface area contributed by atoms with Gasteiger partial charge in [-0.25, -0.2) is 0 Å². The molecule has 11 heteroatoms. The van der Waals surface area contributed by atoms with Gasteiger partial charge in [-0.3, -0.25) is 9.59 Å². The minimum Gasteiger partial charge on any atom is -0.454 e. The van der Waals surface area contributed by atoms with E-state index in [0.29, 0.717) is 19.3 Å². The fourth-order valence-corrected chi connectivity index (χ4v) is 8.65. The summed E-state index contributed by atoms with van der Waals surface area (Å²) < 4.78 is 17.5. The summed E-state index contributed by atoms with van der Waals surface area (Å²) in [7, 11) is 0. The Hall–Kier alpha value is -1.86. The lowest BCUT2D eigenvalue weighted by Gasteiger charge is -2.41. The van der Waals surface area contributed by atoms with Gasteiger partial charge in [0.1, 0.15) is 24.4 Å². The van der Waals surface area contributed by atoms with Crippen molar-refractivity contribution in [1.82, 2.24) is 5.32 Å². The average Bonchev–Trinajstić information content (AvgIpc) is 3.31. The molecule has 1 heterocycles. The van der Waals surface area contributed by atoms with Gasteiger partial charge in [0.25, 0.3) is 0 Å². The van der Waals surface area contributed by atoms with Crippen LogP contribution in [0.4, 0.5) is 0 Å². The van der Waals surface area contributed by atoms with Crippen LogP contribution >= 0.6 is 0 Å². The van der Waals surface area contributed by atoms with Crippen LogP contribution in [0.5, 0.6) is 0 Å². The number of amides is 1. The summed E-state index contributed by atoms with van der Waals surface area (Å²) in [6.45, 7) is 5.74. The number of carbonyl (C=O) groups is 2. The van der Waals surface area contributed by atoms with Gasteiger partial charge in [-0.1, -0.05) is 218 Å². The highest BCUT2D eigenvalue weighted by Crippen LogP contribution is 2.26. The lowest BCUT2D eigenvalue weighted by molar-refractivity contribution is -0.305. The molecule has 6 N–H and O–H groups in total. The van der Waals surface area contributed by atoms with Crippen LogP contribution in [0.2, 0.25) is 0 Å². The van der Waals surface area contributed by atoms with Crippen LogP contribution in [0, 0.1) is 0 Å². The molecule has 0 bridgehead atoms. The van der Waals surface area contributed by atoms with E-state index >= 15 is 0 Å². The zero-order chi connectivity index (χ0) is 48.3. The largest absolute Gasteiger partial charge is 0.454 e. The van der Waals surface area contributed by atoms with Gasteiger partial charge in [-0.15, -0.1) is 0 Å². The van der Waals surface area contributed by atoms with E-state index in [-0.39, 0.29) is 13.0 Å². The van der Waals surface area contributed by atoms with Crippen molar-refractivity contribution < 1.29 is 49.3 Å². The van der Waals surface area contributed by atoms with Crippen molar-refractivity contribution in [3.63, 3.8) is 0 Å². The predicted octanol–water partition coefficient (Wildman–Crippen LogP) is 11.8. The molecule has 1 aliphatic heterocycles. The minimum atomic E-state index is -1.61.